The van der Waals surface area contributed by atoms with Crippen LogP contribution < -0.4 is 10.9 Å². The van der Waals surface area contributed by atoms with E-state index in [0.29, 0.717) is 23.5 Å². The fourth-order valence-electron chi connectivity index (χ4n) is 2.00. The second-order valence-electron chi connectivity index (χ2n) is 4.41. The van der Waals surface area contributed by atoms with Crippen molar-refractivity contribution in [3.63, 3.8) is 0 Å². The first kappa shape index (κ1) is 12.8. The number of thiazole rings is 1. The van der Waals surface area contributed by atoms with Crippen LogP contribution in [0, 0.1) is 0 Å². The number of nitrogens with one attached hydrogen (secondary N) is 1. The summed E-state index contributed by atoms with van der Waals surface area (Å²) in [5, 5.41) is 4.29. The number of rotatable bonds is 3. The number of fused-ring (bicyclic) bond motifs is 1. The third kappa shape index (κ3) is 2.42. The van der Waals surface area contributed by atoms with Gasteiger partial charge in [0.25, 0.3) is 5.56 Å². The quantitative estimate of drug-likeness (QED) is 0.809. The molecule has 1 amide bonds. The molecule has 0 aliphatic carbocycles. The fraction of sp³-hybridized carbons (Fsp3) is 0.333. The van der Waals surface area contributed by atoms with E-state index < -0.39 is 12.0 Å². The standard InChI is InChI=1S/C12H11N3O4S/c16-9-2-1-8(14-9)11(18)19-6-7-5-10(17)15-3-4-20-12(15)13-7/h3-5,8H,1-2,6H2,(H,14,16)/t8-/m0/s1. The van der Waals surface area contributed by atoms with E-state index in [-0.39, 0.29) is 18.1 Å². The molecule has 0 bridgehead atoms. The van der Waals surface area contributed by atoms with Crippen molar-refractivity contribution in [2.24, 2.45) is 0 Å². The highest BCUT2D eigenvalue weighted by Gasteiger charge is 2.28. The topological polar surface area (TPSA) is 89.8 Å². The molecular formula is C12H11N3O4S. The number of aromatic nitrogens is 2. The van der Waals surface area contributed by atoms with Gasteiger partial charge in [0.2, 0.25) is 5.91 Å². The normalized spacial score (nSPS) is 18.2. The highest BCUT2D eigenvalue weighted by atomic mass is 32.1. The van der Waals surface area contributed by atoms with Crippen LogP contribution in [0.5, 0.6) is 0 Å². The molecule has 0 saturated carbocycles. The van der Waals surface area contributed by atoms with Crippen LogP contribution in [0.4, 0.5) is 0 Å². The Labute approximate surface area is 117 Å². The molecule has 1 saturated heterocycles. The van der Waals surface area contributed by atoms with Gasteiger partial charge in [-0.3, -0.25) is 14.0 Å². The minimum absolute atomic E-state index is 0.0746. The third-order valence-electron chi connectivity index (χ3n) is 3.00. The molecule has 0 spiro atoms. The molecule has 1 N–H and O–H groups in total. The van der Waals surface area contributed by atoms with Gasteiger partial charge in [-0.1, -0.05) is 0 Å². The highest BCUT2D eigenvalue weighted by molar-refractivity contribution is 7.15. The van der Waals surface area contributed by atoms with E-state index in [1.165, 1.54) is 21.8 Å². The maximum atomic E-state index is 11.7. The number of hydrogen-bond donors (Lipinski definition) is 1. The van der Waals surface area contributed by atoms with Crippen LogP contribution in [0.2, 0.25) is 0 Å². The molecule has 104 valence electrons. The van der Waals surface area contributed by atoms with Gasteiger partial charge >= 0.3 is 5.97 Å². The molecule has 1 atom stereocenters. The van der Waals surface area contributed by atoms with Crippen LogP contribution in [0.15, 0.2) is 22.4 Å². The molecule has 1 fully saturated rings. The van der Waals surface area contributed by atoms with Crippen molar-refractivity contribution in [3.05, 3.63) is 33.7 Å². The van der Waals surface area contributed by atoms with Gasteiger partial charge in [-0.15, -0.1) is 11.3 Å². The van der Waals surface area contributed by atoms with Gasteiger partial charge in [-0.25, -0.2) is 9.78 Å². The lowest BCUT2D eigenvalue weighted by Gasteiger charge is -2.09. The molecule has 1 aliphatic rings. The minimum Gasteiger partial charge on any atom is -0.458 e. The Bertz CT molecular complexity index is 736. The zero-order chi connectivity index (χ0) is 14.1. The molecule has 3 heterocycles. The Morgan fingerprint density at radius 3 is 3.15 bits per heavy atom. The summed E-state index contributed by atoms with van der Waals surface area (Å²) in [5.74, 6) is -0.646. The number of nitrogens with zero attached hydrogens (tertiary/aromatic N) is 2. The van der Waals surface area contributed by atoms with Gasteiger partial charge in [0.1, 0.15) is 12.6 Å². The lowest BCUT2D eigenvalue weighted by atomic mass is 10.2. The SMILES string of the molecule is O=C1CC[C@@H](C(=O)OCc2cc(=O)n3ccsc3n2)N1. The molecule has 2 aromatic heterocycles. The first-order valence-corrected chi connectivity index (χ1v) is 6.93. The Balaban J connectivity index is 1.69. The molecule has 3 rings (SSSR count). The van der Waals surface area contributed by atoms with E-state index in [9.17, 15) is 14.4 Å². The average Bonchev–Trinajstić information content (AvgIpc) is 3.04. The summed E-state index contributed by atoms with van der Waals surface area (Å²) >= 11 is 1.33. The zero-order valence-electron chi connectivity index (χ0n) is 10.4. The first-order chi connectivity index (χ1) is 9.63. The van der Waals surface area contributed by atoms with Crippen LogP contribution in [-0.4, -0.2) is 27.3 Å². The molecule has 0 aromatic carbocycles. The number of ether oxygens (including phenoxy) is 1. The summed E-state index contributed by atoms with van der Waals surface area (Å²) in [7, 11) is 0. The maximum Gasteiger partial charge on any atom is 0.329 e. The van der Waals surface area contributed by atoms with E-state index in [1.807, 2.05) is 0 Å². The molecular weight excluding hydrogens is 282 g/mol. The van der Waals surface area contributed by atoms with E-state index >= 15 is 0 Å². The predicted molar refractivity (Wildman–Crippen MR) is 70.3 cm³/mol. The van der Waals surface area contributed by atoms with Gasteiger partial charge in [0.15, 0.2) is 4.96 Å². The monoisotopic (exact) mass is 293 g/mol. The lowest BCUT2D eigenvalue weighted by Crippen LogP contribution is -2.34. The van der Waals surface area contributed by atoms with Gasteiger partial charge < -0.3 is 10.1 Å². The van der Waals surface area contributed by atoms with Crippen molar-refractivity contribution in [2.75, 3.05) is 0 Å². The van der Waals surface area contributed by atoms with Crippen molar-refractivity contribution >= 4 is 28.2 Å². The Morgan fingerprint density at radius 2 is 2.40 bits per heavy atom. The van der Waals surface area contributed by atoms with Gasteiger partial charge in [0.05, 0.1) is 5.69 Å². The molecule has 20 heavy (non-hydrogen) atoms. The Hall–Kier alpha value is -2.22. The van der Waals surface area contributed by atoms with Crippen LogP contribution >= 0.6 is 11.3 Å². The summed E-state index contributed by atoms with van der Waals surface area (Å²) in [5.41, 5.74) is 0.187. The summed E-state index contributed by atoms with van der Waals surface area (Å²) in [6, 6.07) is 0.745. The molecule has 2 aromatic rings. The van der Waals surface area contributed by atoms with Crippen LogP contribution in [0.3, 0.4) is 0 Å². The highest BCUT2D eigenvalue weighted by Crippen LogP contribution is 2.10. The molecule has 1 aliphatic heterocycles. The summed E-state index contributed by atoms with van der Waals surface area (Å²) in [4.78, 5) is 39.3. The van der Waals surface area contributed by atoms with E-state index in [2.05, 4.69) is 10.3 Å². The number of carbonyl (C=O) groups excluding carboxylic acids is 2. The second-order valence-corrected chi connectivity index (χ2v) is 5.28. The van der Waals surface area contributed by atoms with Gasteiger partial charge in [0, 0.05) is 24.1 Å². The number of hydrogen-bond acceptors (Lipinski definition) is 6. The molecule has 0 radical (unpaired) electrons. The van der Waals surface area contributed by atoms with Crippen molar-refractivity contribution in [1.82, 2.24) is 14.7 Å². The van der Waals surface area contributed by atoms with E-state index in [0.717, 1.165) is 0 Å². The smallest absolute Gasteiger partial charge is 0.329 e. The second kappa shape index (κ2) is 5.04. The van der Waals surface area contributed by atoms with Crippen LogP contribution in [0.25, 0.3) is 4.96 Å². The Morgan fingerprint density at radius 1 is 1.55 bits per heavy atom. The average molecular weight is 293 g/mol. The summed E-state index contributed by atoms with van der Waals surface area (Å²) in [6.07, 6.45) is 2.41. The predicted octanol–water partition coefficient (Wildman–Crippen LogP) is 0.0778. The van der Waals surface area contributed by atoms with E-state index in [4.69, 9.17) is 4.74 Å². The fourth-order valence-corrected chi connectivity index (χ4v) is 2.74. The number of amides is 1. The summed E-state index contributed by atoms with van der Waals surface area (Å²) in [6.45, 7) is -0.0746. The maximum absolute atomic E-state index is 11.7. The van der Waals surface area contributed by atoms with Crippen molar-refractivity contribution in [2.45, 2.75) is 25.5 Å². The van der Waals surface area contributed by atoms with Crippen molar-refractivity contribution in [3.8, 4) is 0 Å². The lowest BCUT2D eigenvalue weighted by molar-refractivity contribution is -0.147. The van der Waals surface area contributed by atoms with E-state index in [1.54, 1.807) is 11.6 Å². The van der Waals surface area contributed by atoms with Crippen molar-refractivity contribution < 1.29 is 14.3 Å². The van der Waals surface area contributed by atoms with Crippen molar-refractivity contribution in [1.29, 1.82) is 0 Å². The molecule has 0 unspecified atom stereocenters. The summed E-state index contributed by atoms with van der Waals surface area (Å²) < 4.78 is 6.50. The van der Waals surface area contributed by atoms with Crippen LogP contribution in [0.1, 0.15) is 18.5 Å². The van der Waals surface area contributed by atoms with Gasteiger partial charge in [-0.2, -0.15) is 0 Å². The Kier molecular flexibility index (Phi) is 3.23. The molecule has 8 heteroatoms. The largest absolute Gasteiger partial charge is 0.458 e. The van der Waals surface area contributed by atoms with Gasteiger partial charge in [-0.05, 0) is 6.42 Å². The minimum atomic E-state index is -0.589. The number of carbonyl (C=O) groups is 2. The third-order valence-corrected chi connectivity index (χ3v) is 3.75. The first-order valence-electron chi connectivity index (χ1n) is 6.05. The molecule has 7 nitrogen and oxygen atoms in total. The van der Waals surface area contributed by atoms with Crippen LogP contribution in [-0.2, 0) is 20.9 Å². The number of esters is 1. The zero-order valence-corrected chi connectivity index (χ0v) is 11.2.